The molecule has 0 aliphatic carbocycles. The van der Waals surface area contributed by atoms with Crippen molar-refractivity contribution in [2.45, 2.75) is 0 Å². The molecule has 0 radical (unpaired) electrons. The van der Waals surface area contributed by atoms with Gasteiger partial charge in [0.15, 0.2) is 0 Å². The van der Waals surface area contributed by atoms with Gasteiger partial charge in [-0.1, -0.05) is 46.0 Å². The Morgan fingerprint density at radius 1 is 0.950 bits per heavy atom. The molecule has 7 heteroatoms. The van der Waals surface area contributed by atoms with Gasteiger partial charge >= 0.3 is 0 Å². The summed E-state index contributed by atoms with van der Waals surface area (Å²) in [4.78, 5) is 8.23. The summed E-state index contributed by atoms with van der Waals surface area (Å²) in [6.07, 6.45) is 1.55. The van der Waals surface area contributed by atoms with Crippen molar-refractivity contribution in [3.8, 4) is 22.8 Å². The second-order valence-electron chi connectivity index (χ2n) is 3.89. The van der Waals surface area contributed by atoms with Gasteiger partial charge in [0, 0.05) is 6.20 Å². The van der Waals surface area contributed by atoms with E-state index in [2.05, 4.69) is 15.1 Å². The van der Waals surface area contributed by atoms with Crippen molar-refractivity contribution in [2.24, 2.45) is 0 Å². The number of rotatable bonds is 2. The van der Waals surface area contributed by atoms with Gasteiger partial charge in [0.25, 0.3) is 5.89 Å². The summed E-state index contributed by atoms with van der Waals surface area (Å²) in [6, 6.07) is 8.55. The van der Waals surface area contributed by atoms with E-state index in [1.165, 1.54) is 0 Å². The molecule has 0 fully saturated rings. The number of pyridine rings is 1. The minimum Gasteiger partial charge on any atom is -0.334 e. The first-order valence-corrected chi connectivity index (χ1v) is 6.68. The first-order chi connectivity index (χ1) is 9.65. The summed E-state index contributed by atoms with van der Waals surface area (Å²) < 4.78 is 5.19. The summed E-state index contributed by atoms with van der Waals surface area (Å²) >= 11 is 17.9. The van der Waals surface area contributed by atoms with Crippen LogP contribution < -0.4 is 0 Å². The van der Waals surface area contributed by atoms with Gasteiger partial charge in [-0.2, -0.15) is 4.98 Å². The fraction of sp³-hybridized carbons (Fsp3) is 0. The average molecular weight is 327 g/mol. The van der Waals surface area contributed by atoms with Gasteiger partial charge in [-0.25, -0.2) is 4.98 Å². The summed E-state index contributed by atoms with van der Waals surface area (Å²) in [5.74, 6) is 0.644. The monoisotopic (exact) mass is 325 g/mol. The first kappa shape index (κ1) is 13.4. The van der Waals surface area contributed by atoms with Gasteiger partial charge in [0.1, 0.15) is 5.15 Å². The molecule has 1 aromatic carbocycles. The van der Waals surface area contributed by atoms with Crippen LogP contribution in [-0.4, -0.2) is 15.1 Å². The molecule has 0 bridgehead atoms. The van der Waals surface area contributed by atoms with Gasteiger partial charge in [-0.3, -0.25) is 0 Å². The molecule has 0 saturated heterocycles. The van der Waals surface area contributed by atoms with Crippen LogP contribution in [-0.2, 0) is 0 Å². The summed E-state index contributed by atoms with van der Waals surface area (Å²) in [5.41, 5.74) is 1.20. The molecule has 20 heavy (non-hydrogen) atoms. The lowest BCUT2D eigenvalue weighted by molar-refractivity contribution is 0.432. The first-order valence-electron chi connectivity index (χ1n) is 5.55. The van der Waals surface area contributed by atoms with E-state index < -0.39 is 0 Å². The van der Waals surface area contributed by atoms with Crippen molar-refractivity contribution in [3.63, 3.8) is 0 Å². The number of halogens is 3. The Morgan fingerprint density at radius 2 is 1.70 bits per heavy atom. The third kappa shape index (κ3) is 2.50. The second-order valence-corrected chi connectivity index (χ2v) is 5.09. The Labute approximate surface area is 129 Å². The maximum Gasteiger partial charge on any atom is 0.259 e. The molecule has 0 aliphatic heterocycles. The summed E-state index contributed by atoms with van der Waals surface area (Å²) in [7, 11) is 0. The fourth-order valence-electron chi connectivity index (χ4n) is 1.66. The Morgan fingerprint density at radius 3 is 2.35 bits per heavy atom. The highest BCUT2D eigenvalue weighted by molar-refractivity contribution is 6.38. The van der Waals surface area contributed by atoms with E-state index in [0.29, 0.717) is 38.0 Å². The van der Waals surface area contributed by atoms with Crippen molar-refractivity contribution in [1.82, 2.24) is 15.1 Å². The number of benzene rings is 1. The Kier molecular flexibility index (Phi) is 3.61. The second kappa shape index (κ2) is 5.40. The molecule has 0 spiro atoms. The molecule has 0 N–H and O–H groups in total. The predicted molar refractivity (Wildman–Crippen MR) is 78.0 cm³/mol. The zero-order valence-corrected chi connectivity index (χ0v) is 12.1. The molecule has 0 amide bonds. The van der Waals surface area contributed by atoms with E-state index in [0.717, 1.165) is 0 Å². The van der Waals surface area contributed by atoms with E-state index in [1.54, 1.807) is 36.5 Å². The highest BCUT2D eigenvalue weighted by Crippen LogP contribution is 2.33. The van der Waals surface area contributed by atoms with Gasteiger partial charge in [0.2, 0.25) is 5.82 Å². The predicted octanol–water partition coefficient (Wildman–Crippen LogP) is 4.76. The Balaban J connectivity index is 2.04. The van der Waals surface area contributed by atoms with E-state index in [4.69, 9.17) is 39.3 Å². The average Bonchev–Trinajstić information content (AvgIpc) is 2.89. The van der Waals surface area contributed by atoms with E-state index in [9.17, 15) is 0 Å². The SMILES string of the molecule is Clc1ccc(-c2nc(-c3c(Cl)cccc3Cl)no2)cn1. The van der Waals surface area contributed by atoms with Crippen molar-refractivity contribution >= 4 is 34.8 Å². The molecule has 100 valence electrons. The smallest absolute Gasteiger partial charge is 0.259 e. The zero-order chi connectivity index (χ0) is 14.1. The normalized spacial score (nSPS) is 10.8. The molecular weight excluding hydrogens is 321 g/mol. The van der Waals surface area contributed by atoms with Crippen LogP contribution >= 0.6 is 34.8 Å². The standard InChI is InChI=1S/C13H6Cl3N3O/c14-8-2-1-3-9(15)11(8)12-18-13(20-19-12)7-4-5-10(16)17-6-7/h1-6H. The van der Waals surface area contributed by atoms with Gasteiger partial charge in [-0.05, 0) is 24.3 Å². The fourth-order valence-corrected chi connectivity index (χ4v) is 2.33. The van der Waals surface area contributed by atoms with E-state index in [-0.39, 0.29) is 0 Å². The lowest BCUT2D eigenvalue weighted by Gasteiger charge is -2.00. The van der Waals surface area contributed by atoms with Crippen LogP contribution in [0.1, 0.15) is 0 Å². The quantitative estimate of drug-likeness (QED) is 0.637. The molecule has 0 saturated carbocycles. The van der Waals surface area contributed by atoms with Crippen LogP contribution in [0.5, 0.6) is 0 Å². The van der Waals surface area contributed by atoms with Crippen molar-refractivity contribution in [3.05, 3.63) is 51.7 Å². The van der Waals surface area contributed by atoms with Gasteiger partial charge < -0.3 is 4.52 Å². The molecule has 2 heterocycles. The number of hydrogen-bond donors (Lipinski definition) is 0. The third-order valence-electron chi connectivity index (χ3n) is 2.59. The van der Waals surface area contributed by atoms with Gasteiger partial charge in [0.05, 0.1) is 21.2 Å². The van der Waals surface area contributed by atoms with Crippen LogP contribution in [0, 0.1) is 0 Å². The van der Waals surface area contributed by atoms with Crippen LogP contribution in [0.3, 0.4) is 0 Å². The Bertz CT molecular complexity index is 736. The van der Waals surface area contributed by atoms with E-state index in [1.807, 2.05) is 0 Å². The van der Waals surface area contributed by atoms with Crippen LogP contribution in [0.15, 0.2) is 41.1 Å². The highest BCUT2D eigenvalue weighted by Gasteiger charge is 2.16. The van der Waals surface area contributed by atoms with E-state index >= 15 is 0 Å². The van der Waals surface area contributed by atoms with Crippen LogP contribution in [0.25, 0.3) is 22.8 Å². The van der Waals surface area contributed by atoms with Crippen LogP contribution in [0.4, 0.5) is 0 Å². The zero-order valence-electron chi connectivity index (χ0n) is 9.85. The van der Waals surface area contributed by atoms with Crippen LogP contribution in [0.2, 0.25) is 15.2 Å². The molecule has 0 atom stereocenters. The minimum absolute atomic E-state index is 0.320. The largest absolute Gasteiger partial charge is 0.334 e. The minimum atomic E-state index is 0.320. The topological polar surface area (TPSA) is 51.8 Å². The van der Waals surface area contributed by atoms with Crippen molar-refractivity contribution in [2.75, 3.05) is 0 Å². The molecule has 2 aromatic heterocycles. The molecule has 4 nitrogen and oxygen atoms in total. The van der Waals surface area contributed by atoms with Gasteiger partial charge in [-0.15, -0.1) is 0 Å². The Hall–Kier alpha value is -1.62. The van der Waals surface area contributed by atoms with Crippen molar-refractivity contribution < 1.29 is 4.52 Å². The lowest BCUT2D eigenvalue weighted by atomic mass is 10.2. The maximum absolute atomic E-state index is 6.10. The molecule has 0 aliphatic rings. The summed E-state index contributed by atoms with van der Waals surface area (Å²) in [5, 5.41) is 5.20. The van der Waals surface area contributed by atoms with Crippen molar-refractivity contribution in [1.29, 1.82) is 0 Å². The maximum atomic E-state index is 6.10. The number of nitrogens with zero attached hydrogens (tertiary/aromatic N) is 3. The number of aromatic nitrogens is 3. The lowest BCUT2D eigenvalue weighted by Crippen LogP contribution is -1.85. The third-order valence-corrected chi connectivity index (χ3v) is 3.44. The number of hydrogen-bond acceptors (Lipinski definition) is 4. The molecule has 3 rings (SSSR count). The molecule has 3 aromatic rings. The molecular formula is C13H6Cl3N3O. The highest BCUT2D eigenvalue weighted by atomic mass is 35.5. The summed E-state index contributed by atoms with van der Waals surface area (Å²) in [6.45, 7) is 0. The molecule has 0 unspecified atom stereocenters.